The first-order valence-corrected chi connectivity index (χ1v) is 5.31. The molecule has 0 bridgehead atoms. The van der Waals surface area contributed by atoms with E-state index in [2.05, 4.69) is 5.32 Å². The molecule has 0 saturated carbocycles. The molecule has 1 aromatic carbocycles. The Bertz CT molecular complexity index is 342. The highest BCUT2D eigenvalue weighted by atomic mass is 35.5. The molecule has 0 radical (unpaired) electrons. The topological polar surface area (TPSA) is 12.0 Å². The lowest BCUT2D eigenvalue weighted by atomic mass is 10.1. The second-order valence-electron chi connectivity index (χ2n) is 3.46. The van der Waals surface area contributed by atoms with Crippen molar-refractivity contribution >= 4 is 11.6 Å². The Hall–Kier alpha value is -0.670. The van der Waals surface area contributed by atoms with Gasteiger partial charge in [-0.3, -0.25) is 0 Å². The van der Waals surface area contributed by atoms with Crippen LogP contribution in [0.4, 0.5) is 8.78 Å². The number of hydrogen-bond acceptors (Lipinski definition) is 1. The Kier molecular flexibility index (Phi) is 4.48. The van der Waals surface area contributed by atoms with Crippen LogP contribution in [0, 0.1) is 11.6 Å². The molecule has 0 fully saturated rings. The third kappa shape index (κ3) is 3.14. The SMILES string of the molecule is CCCNC(C)c1cc(F)c(Cl)cc1F. The van der Waals surface area contributed by atoms with Crippen LogP contribution in [0.1, 0.15) is 31.9 Å². The Labute approximate surface area is 93.4 Å². The lowest BCUT2D eigenvalue weighted by molar-refractivity contribution is 0.518. The molecule has 1 atom stereocenters. The van der Waals surface area contributed by atoms with Gasteiger partial charge in [-0.25, -0.2) is 8.78 Å². The van der Waals surface area contributed by atoms with Gasteiger partial charge < -0.3 is 5.32 Å². The maximum Gasteiger partial charge on any atom is 0.142 e. The van der Waals surface area contributed by atoms with Gasteiger partial charge >= 0.3 is 0 Å². The van der Waals surface area contributed by atoms with Crippen molar-refractivity contribution in [2.75, 3.05) is 6.54 Å². The fourth-order valence-electron chi connectivity index (χ4n) is 1.34. The van der Waals surface area contributed by atoms with Crippen LogP contribution in [0.15, 0.2) is 12.1 Å². The maximum atomic E-state index is 13.4. The van der Waals surface area contributed by atoms with E-state index < -0.39 is 11.6 Å². The molecule has 0 heterocycles. The Morgan fingerprint density at radius 3 is 2.60 bits per heavy atom. The monoisotopic (exact) mass is 233 g/mol. The number of halogens is 3. The number of hydrogen-bond donors (Lipinski definition) is 1. The van der Waals surface area contributed by atoms with Gasteiger partial charge in [-0.05, 0) is 32.0 Å². The average Bonchev–Trinajstić information content (AvgIpc) is 2.20. The molecule has 0 amide bonds. The predicted octanol–water partition coefficient (Wildman–Crippen LogP) is 3.68. The van der Waals surface area contributed by atoms with E-state index in [9.17, 15) is 8.78 Å². The summed E-state index contributed by atoms with van der Waals surface area (Å²) in [6.45, 7) is 4.57. The third-order valence-electron chi connectivity index (χ3n) is 2.21. The minimum Gasteiger partial charge on any atom is -0.310 e. The summed E-state index contributed by atoms with van der Waals surface area (Å²) in [7, 11) is 0. The van der Waals surface area contributed by atoms with Crippen LogP contribution < -0.4 is 5.32 Å². The maximum absolute atomic E-state index is 13.4. The molecule has 15 heavy (non-hydrogen) atoms. The number of benzene rings is 1. The molecular formula is C11H14ClF2N. The molecule has 1 unspecified atom stereocenters. The van der Waals surface area contributed by atoms with E-state index in [1.54, 1.807) is 6.92 Å². The predicted molar refractivity (Wildman–Crippen MR) is 58.1 cm³/mol. The van der Waals surface area contributed by atoms with Crippen molar-refractivity contribution in [2.24, 2.45) is 0 Å². The zero-order valence-electron chi connectivity index (χ0n) is 8.78. The second-order valence-corrected chi connectivity index (χ2v) is 3.87. The highest BCUT2D eigenvalue weighted by Crippen LogP contribution is 2.23. The fraction of sp³-hybridized carbons (Fsp3) is 0.455. The summed E-state index contributed by atoms with van der Waals surface area (Å²) in [6, 6.07) is 1.94. The molecule has 0 aliphatic heterocycles. The number of rotatable bonds is 4. The van der Waals surface area contributed by atoms with Gasteiger partial charge in [0.05, 0.1) is 5.02 Å². The molecule has 4 heteroatoms. The smallest absolute Gasteiger partial charge is 0.142 e. The Morgan fingerprint density at radius 1 is 1.33 bits per heavy atom. The highest BCUT2D eigenvalue weighted by molar-refractivity contribution is 6.30. The van der Waals surface area contributed by atoms with Gasteiger partial charge in [-0.2, -0.15) is 0 Å². The normalized spacial score (nSPS) is 12.9. The van der Waals surface area contributed by atoms with Gasteiger partial charge in [0.15, 0.2) is 0 Å². The Balaban J connectivity index is 2.88. The van der Waals surface area contributed by atoms with E-state index in [1.807, 2.05) is 6.92 Å². The first kappa shape index (κ1) is 12.4. The molecule has 0 aromatic heterocycles. The standard InChI is InChI=1S/C11H14ClF2N/c1-3-4-15-7(2)8-5-11(14)9(12)6-10(8)13/h5-7,15H,3-4H2,1-2H3. The molecule has 0 saturated heterocycles. The van der Waals surface area contributed by atoms with E-state index >= 15 is 0 Å². The van der Waals surface area contributed by atoms with E-state index in [0.717, 1.165) is 25.1 Å². The Morgan fingerprint density at radius 2 is 2.00 bits per heavy atom. The van der Waals surface area contributed by atoms with Gasteiger partial charge in [0.25, 0.3) is 0 Å². The van der Waals surface area contributed by atoms with Crippen LogP contribution in [0.5, 0.6) is 0 Å². The molecule has 1 N–H and O–H groups in total. The first-order chi connectivity index (χ1) is 7.06. The number of nitrogens with one attached hydrogen (secondary N) is 1. The van der Waals surface area contributed by atoms with Gasteiger partial charge in [-0.15, -0.1) is 0 Å². The zero-order chi connectivity index (χ0) is 11.4. The van der Waals surface area contributed by atoms with E-state index in [1.165, 1.54) is 0 Å². The van der Waals surface area contributed by atoms with Gasteiger partial charge in [0.2, 0.25) is 0 Å². The summed E-state index contributed by atoms with van der Waals surface area (Å²) in [6.07, 6.45) is 0.946. The molecule has 0 aliphatic rings. The van der Waals surface area contributed by atoms with Crippen molar-refractivity contribution in [2.45, 2.75) is 26.3 Å². The molecule has 0 spiro atoms. The van der Waals surface area contributed by atoms with Crippen LogP contribution in [-0.2, 0) is 0 Å². The van der Waals surface area contributed by atoms with Crippen molar-refractivity contribution in [1.82, 2.24) is 5.32 Å². The minimum absolute atomic E-state index is 0.182. The van der Waals surface area contributed by atoms with Gasteiger partial charge in [0, 0.05) is 11.6 Å². The summed E-state index contributed by atoms with van der Waals surface area (Å²) in [5.74, 6) is -1.06. The lowest BCUT2D eigenvalue weighted by Crippen LogP contribution is -2.20. The quantitative estimate of drug-likeness (QED) is 0.783. The van der Waals surface area contributed by atoms with Crippen molar-refractivity contribution in [3.05, 3.63) is 34.4 Å². The minimum atomic E-state index is -0.585. The van der Waals surface area contributed by atoms with Crippen LogP contribution in [-0.4, -0.2) is 6.54 Å². The van der Waals surface area contributed by atoms with Crippen LogP contribution in [0.25, 0.3) is 0 Å². The molecule has 84 valence electrons. The van der Waals surface area contributed by atoms with E-state index in [0.29, 0.717) is 5.56 Å². The van der Waals surface area contributed by atoms with Crippen LogP contribution >= 0.6 is 11.6 Å². The fourth-order valence-corrected chi connectivity index (χ4v) is 1.49. The van der Waals surface area contributed by atoms with Crippen molar-refractivity contribution in [1.29, 1.82) is 0 Å². The second kappa shape index (κ2) is 5.42. The highest BCUT2D eigenvalue weighted by Gasteiger charge is 2.13. The molecular weight excluding hydrogens is 220 g/mol. The van der Waals surface area contributed by atoms with E-state index in [4.69, 9.17) is 11.6 Å². The molecule has 0 aliphatic carbocycles. The van der Waals surface area contributed by atoms with Crippen molar-refractivity contribution in [3.63, 3.8) is 0 Å². The van der Waals surface area contributed by atoms with Crippen LogP contribution in [0.2, 0.25) is 5.02 Å². The molecule has 1 nitrogen and oxygen atoms in total. The van der Waals surface area contributed by atoms with Crippen LogP contribution in [0.3, 0.4) is 0 Å². The van der Waals surface area contributed by atoms with Crippen molar-refractivity contribution in [3.8, 4) is 0 Å². The zero-order valence-corrected chi connectivity index (χ0v) is 9.54. The largest absolute Gasteiger partial charge is 0.310 e. The van der Waals surface area contributed by atoms with Crippen molar-refractivity contribution < 1.29 is 8.78 Å². The summed E-state index contributed by atoms with van der Waals surface area (Å²) in [5, 5.41) is 2.90. The first-order valence-electron chi connectivity index (χ1n) is 4.94. The lowest BCUT2D eigenvalue weighted by Gasteiger charge is -2.14. The molecule has 1 aromatic rings. The average molecular weight is 234 g/mol. The summed E-state index contributed by atoms with van der Waals surface area (Å²) in [4.78, 5) is 0. The molecule has 1 rings (SSSR count). The van der Waals surface area contributed by atoms with Gasteiger partial charge in [0.1, 0.15) is 11.6 Å². The summed E-state index contributed by atoms with van der Waals surface area (Å²) >= 11 is 5.46. The summed E-state index contributed by atoms with van der Waals surface area (Å²) < 4.78 is 26.5. The van der Waals surface area contributed by atoms with Gasteiger partial charge in [-0.1, -0.05) is 18.5 Å². The summed E-state index contributed by atoms with van der Waals surface area (Å²) in [5.41, 5.74) is 0.311. The van der Waals surface area contributed by atoms with E-state index in [-0.39, 0.29) is 11.1 Å². The third-order valence-corrected chi connectivity index (χ3v) is 2.50.